The largest absolute Gasteiger partial charge is 0.457 e. The van der Waals surface area contributed by atoms with Crippen LogP contribution in [0.2, 0.25) is 0 Å². The zero-order valence-electron chi connectivity index (χ0n) is 23.2. The number of hydrogen-bond donors (Lipinski definition) is 2. The van der Waals surface area contributed by atoms with E-state index in [-0.39, 0.29) is 17.6 Å². The highest BCUT2D eigenvalue weighted by molar-refractivity contribution is 5.97. The lowest BCUT2D eigenvalue weighted by atomic mass is 9.96. The Morgan fingerprint density at radius 3 is 2.37 bits per heavy atom. The first-order chi connectivity index (χ1) is 19.9. The van der Waals surface area contributed by atoms with E-state index in [1.807, 2.05) is 54.6 Å². The molecule has 0 unspecified atom stereocenters. The van der Waals surface area contributed by atoms with E-state index in [4.69, 9.17) is 10.5 Å². The lowest BCUT2D eigenvalue weighted by molar-refractivity contribution is -0.150. The number of rotatable bonds is 11. The second kappa shape index (κ2) is 12.8. The third kappa shape index (κ3) is 6.81. The van der Waals surface area contributed by atoms with Crippen molar-refractivity contribution in [3.63, 3.8) is 0 Å². The van der Waals surface area contributed by atoms with Crippen molar-refractivity contribution in [2.24, 2.45) is 5.73 Å². The van der Waals surface area contributed by atoms with Crippen LogP contribution in [0.4, 0.5) is 0 Å². The Kier molecular flexibility index (Phi) is 8.75. The SMILES string of the molecule is CC(=O)c1cccc(Oc2ccc(CN3C(=O)[C@H](Cc4ccc5ccccc5c4)NC(=O)[C@@H]3CCCCN)cc2)c1. The number of carbonyl (C=O) groups excluding carboxylic acids is 3. The molecule has 210 valence electrons. The van der Waals surface area contributed by atoms with Crippen molar-refractivity contribution < 1.29 is 19.1 Å². The van der Waals surface area contributed by atoms with E-state index >= 15 is 0 Å². The highest BCUT2D eigenvalue weighted by Crippen LogP contribution is 2.26. The molecule has 5 rings (SSSR count). The molecule has 1 aliphatic rings. The van der Waals surface area contributed by atoms with Crippen molar-refractivity contribution in [1.82, 2.24) is 10.2 Å². The summed E-state index contributed by atoms with van der Waals surface area (Å²) in [6, 6.07) is 27.6. The zero-order valence-corrected chi connectivity index (χ0v) is 23.2. The molecule has 4 aromatic rings. The predicted octanol–water partition coefficient (Wildman–Crippen LogP) is 5.40. The Balaban J connectivity index is 1.32. The number of benzene rings is 4. The lowest BCUT2D eigenvalue weighted by Crippen LogP contribution is -2.63. The van der Waals surface area contributed by atoms with Crippen molar-refractivity contribution >= 4 is 28.4 Å². The van der Waals surface area contributed by atoms with Gasteiger partial charge in [-0.1, -0.05) is 66.7 Å². The minimum absolute atomic E-state index is 0.0269. The maximum absolute atomic E-state index is 13.8. The summed E-state index contributed by atoms with van der Waals surface area (Å²) in [5.41, 5.74) is 8.17. The van der Waals surface area contributed by atoms with Gasteiger partial charge in [0.2, 0.25) is 11.8 Å². The Labute approximate surface area is 240 Å². The molecule has 3 N–H and O–H groups in total. The molecule has 0 spiro atoms. The number of ether oxygens (including phenoxy) is 1. The van der Waals surface area contributed by atoms with E-state index in [1.165, 1.54) is 6.92 Å². The highest BCUT2D eigenvalue weighted by atomic mass is 16.5. The number of nitrogens with two attached hydrogens (primary N) is 1. The van der Waals surface area contributed by atoms with Gasteiger partial charge in [0.1, 0.15) is 23.6 Å². The van der Waals surface area contributed by atoms with Crippen LogP contribution in [0, 0.1) is 0 Å². The molecule has 1 aliphatic heterocycles. The summed E-state index contributed by atoms with van der Waals surface area (Å²) < 4.78 is 5.94. The molecule has 2 atom stereocenters. The molecule has 0 bridgehead atoms. The van der Waals surface area contributed by atoms with Gasteiger partial charge in [-0.05, 0) is 78.9 Å². The monoisotopic (exact) mass is 549 g/mol. The Hall–Kier alpha value is -4.49. The van der Waals surface area contributed by atoms with Gasteiger partial charge in [0, 0.05) is 18.5 Å². The Morgan fingerprint density at radius 1 is 0.854 bits per heavy atom. The normalized spacial score (nSPS) is 17.0. The van der Waals surface area contributed by atoms with Gasteiger partial charge in [-0.15, -0.1) is 0 Å². The number of piperazine rings is 1. The number of Topliss-reactive ketones (excluding diaryl/α,β-unsaturated/α-hetero) is 1. The van der Waals surface area contributed by atoms with Crippen LogP contribution >= 0.6 is 0 Å². The molecular weight excluding hydrogens is 514 g/mol. The fourth-order valence-corrected chi connectivity index (χ4v) is 5.30. The summed E-state index contributed by atoms with van der Waals surface area (Å²) in [7, 11) is 0. The van der Waals surface area contributed by atoms with Gasteiger partial charge in [-0.3, -0.25) is 14.4 Å². The minimum Gasteiger partial charge on any atom is -0.457 e. The molecule has 1 fully saturated rings. The average molecular weight is 550 g/mol. The van der Waals surface area contributed by atoms with E-state index < -0.39 is 12.1 Å². The van der Waals surface area contributed by atoms with Gasteiger partial charge in [0.25, 0.3) is 0 Å². The van der Waals surface area contributed by atoms with Crippen LogP contribution in [0.3, 0.4) is 0 Å². The molecular formula is C34H35N3O4. The number of nitrogens with one attached hydrogen (secondary N) is 1. The van der Waals surface area contributed by atoms with Crippen molar-refractivity contribution in [1.29, 1.82) is 0 Å². The van der Waals surface area contributed by atoms with E-state index in [0.29, 0.717) is 43.0 Å². The smallest absolute Gasteiger partial charge is 0.246 e. The third-order valence-corrected chi connectivity index (χ3v) is 7.51. The maximum atomic E-state index is 13.8. The van der Waals surface area contributed by atoms with Crippen molar-refractivity contribution in [2.75, 3.05) is 6.54 Å². The van der Waals surface area contributed by atoms with E-state index in [1.54, 1.807) is 29.2 Å². The van der Waals surface area contributed by atoms with Gasteiger partial charge in [0.05, 0.1) is 0 Å². The molecule has 0 aromatic heterocycles. The number of fused-ring (bicyclic) bond motifs is 1. The highest BCUT2D eigenvalue weighted by Gasteiger charge is 2.40. The second-order valence-electron chi connectivity index (χ2n) is 10.5. The van der Waals surface area contributed by atoms with Crippen LogP contribution in [0.15, 0.2) is 91.0 Å². The minimum atomic E-state index is -0.634. The molecule has 0 aliphatic carbocycles. The van der Waals surface area contributed by atoms with Crippen LogP contribution < -0.4 is 15.8 Å². The quantitative estimate of drug-likeness (QED) is 0.193. The number of hydrogen-bond acceptors (Lipinski definition) is 5. The van der Waals surface area contributed by atoms with Crippen molar-refractivity contribution in [3.8, 4) is 11.5 Å². The topological polar surface area (TPSA) is 102 Å². The number of unbranched alkanes of at least 4 members (excludes halogenated alkanes) is 1. The van der Waals surface area contributed by atoms with Gasteiger partial charge in [-0.2, -0.15) is 0 Å². The maximum Gasteiger partial charge on any atom is 0.246 e. The van der Waals surface area contributed by atoms with Gasteiger partial charge < -0.3 is 20.7 Å². The van der Waals surface area contributed by atoms with Crippen LogP contribution in [0.1, 0.15) is 47.7 Å². The van der Waals surface area contributed by atoms with Crippen LogP contribution in [-0.4, -0.2) is 41.1 Å². The Morgan fingerprint density at radius 2 is 1.61 bits per heavy atom. The number of carbonyl (C=O) groups is 3. The van der Waals surface area contributed by atoms with E-state index in [9.17, 15) is 14.4 Å². The summed E-state index contributed by atoms with van der Waals surface area (Å²) >= 11 is 0. The standard InChI is InChI=1S/C34H35N3O4/c1-23(38)27-9-6-10-30(21-27)41-29-16-13-24(14-17-29)22-37-32(11-4-5-18-35)33(39)36-31(34(37)40)20-25-12-15-26-7-2-3-8-28(26)19-25/h2-3,6-10,12-17,19,21,31-32H,4-5,11,18,20,22,35H2,1H3,(H,36,39)/t31-,32-/m0/s1. The number of ketones is 1. The number of nitrogens with zero attached hydrogens (tertiary/aromatic N) is 1. The molecule has 1 heterocycles. The van der Waals surface area contributed by atoms with E-state index in [0.717, 1.165) is 34.7 Å². The van der Waals surface area contributed by atoms with Gasteiger partial charge >= 0.3 is 0 Å². The molecule has 7 nitrogen and oxygen atoms in total. The molecule has 0 saturated carbocycles. The van der Waals surface area contributed by atoms with Gasteiger partial charge in [0.15, 0.2) is 5.78 Å². The summed E-state index contributed by atoms with van der Waals surface area (Å²) in [6.45, 7) is 2.38. The third-order valence-electron chi connectivity index (χ3n) is 7.51. The lowest BCUT2D eigenvalue weighted by Gasteiger charge is -2.39. The van der Waals surface area contributed by atoms with Crippen LogP contribution in [-0.2, 0) is 22.6 Å². The summed E-state index contributed by atoms with van der Waals surface area (Å²) in [4.78, 5) is 40.5. The summed E-state index contributed by atoms with van der Waals surface area (Å²) in [5, 5.41) is 5.24. The van der Waals surface area contributed by atoms with Crippen molar-refractivity contribution in [3.05, 3.63) is 108 Å². The molecule has 7 heteroatoms. The Bertz CT molecular complexity index is 1550. The molecule has 0 radical (unpaired) electrons. The average Bonchev–Trinajstić information content (AvgIpc) is 2.98. The molecule has 4 aromatic carbocycles. The fraction of sp³-hybridized carbons (Fsp3) is 0.265. The zero-order chi connectivity index (χ0) is 28.8. The fourth-order valence-electron chi connectivity index (χ4n) is 5.30. The first-order valence-corrected chi connectivity index (χ1v) is 14.1. The summed E-state index contributed by atoms with van der Waals surface area (Å²) in [5.74, 6) is 0.950. The van der Waals surface area contributed by atoms with Gasteiger partial charge in [-0.25, -0.2) is 0 Å². The first kappa shape index (κ1) is 28.1. The van der Waals surface area contributed by atoms with E-state index in [2.05, 4.69) is 17.4 Å². The molecule has 2 amide bonds. The second-order valence-corrected chi connectivity index (χ2v) is 10.5. The molecule has 41 heavy (non-hydrogen) atoms. The summed E-state index contributed by atoms with van der Waals surface area (Å²) in [6.07, 6.45) is 2.54. The first-order valence-electron chi connectivity index (χ1n) is 14.1. The van der Waals surface area contributed by atoms with Crippen LogP contribution in [0.25, 0.3) is 10.8 Å². The van der Waals surface area contributed by atoms with Crippen molar-refractivity contribution in [2.45, 2.75) is 51.2 Å². The number of amides is 2. The van der Waals surface area contributed by atoms with Crippen LogP contribution in [0.5, 0.6) is 11.5 Å². The molecule has 1 saturated heterocycles. The predicted molar refractivity (Wildman–Crippen MR) is 160 cm³/mol.